The molecule has 1 N–H and O–H groups in total. The van der Waals surface area contributed by atoms with Crippen LogP contribution in [0.5, 0.6) is 17.2 Å². The minimum absolute atomic E-state index is 0.124. The van der Waals surface area contributed by atoms with Crippen LogP contribution in [-0.4, -0.2) is 11.7 Å². The van der Waals surface area contributed by atoms with Crippen LogP contribution < -0.4 is 9.47 Å². The highest BCUT2D eigenvalue weighted by molar-refractivity contribution is 5.37. The van der Waals surface area contributed by atoms with Gasteiger partial charge in [-0.2, -0.15) is 0 Å². The van der Waals surface area contributed by atoms with E-state index in [0.29, 0.717) is 17.9 Å². The number of ether oxygens (including phenoxy) is 2. The van der Waals surface area contributed by atoms with Crippen molar-refractivity contribution in [2.75, 3.05) is 6.61 Å². The van der Waals surface area contributed by atoms with E-state index in [1.54, 1.807) is 37.3 Å². The number of aliphatic hydroxyl groups is 1. The molecule has 4 heteroatoms. The fourth-order valence-corrected chi connectivity index (χ4v) is 1.76. The van der Waals surface area contributed by atoms with Crippen LogP contribution >= 0.6 is 0 Å². The molecule has 0 aliphatic heterocycles. The van der Waals surface area contributed by atoms with Crippen LogP contribution in [0.3, 0.4) is 0 Å². The molecule has 2 aromatic carbocycles. The van der Waals surface area contributed by atoms with Crippen LogP contribution in [0.2, 0.25) is 0 Å². The van der Waals surface area contributed by atoms with Crippen molar-refractivity contribution in [3.05, 3.63) is 53.8 Å². The van der Waals surface area contributed by atoms with Crippen LogP contribution in [0.4, 0.5) is 4.39 Å². The summed E-state index contributed by atoms with van der Waals surface area (Å²) in [5.41, 5.74) is 0.515. The number of aliphatic hydroxyl groups excluding tert-OH is 1. The molecule has 2 aromatic rings. The standard InChI is InChI=1S/C16H17FO3/c1-3-19-13-5-7-14(8-6-13)20-16-9-4-12(11(2)18)10-15(16)17/h4-11,18H,3H2,1-2H3. The van der Waals surface area contributed by atoms with Crippen molar-refractivity contribution in [2.45, 2.75) is 20.0 Å². The average Bonchev–Trinajstić information content (AvgIpc) is 2.43. The number of hydrogen-bond donors (Lipinski definition) is 1. The third-order valence-corrected chi connectivity index (χ3v) is 2.80. The summed E-state index contributed by atoms with van der Waals surface area (Å²) < 4.78 is 24.6. The van der Waals surface area contributed by atoms with Gasteiger partial charge >= 0.3 is 0 Å². The van der Waals surface area contributed by atoms with Crippen molar-refractivity contribution in [1.29, 1.82) is 0 Å². The third-order valence-electron chi connectivity index (χ3n) is 2.80. The first-order valence-corrected chi connectivity index (χ1v) is 6.48. The van der Waals surface area contributed by atoms with Gasteiger partial charge in [0.15, 0.2) is 11.6 Å². The Hall–Kier alpha value is -2.07. The molecule has 0 bridgehead atoms. The van der Waals surface area contributed by atoms with Crippen LogP contribution in [0.25, 0.3) is 0 Å². The van der Waals surface area contributed by atoms with Gasteiger partial charge in [0, 0.05) is 0 Å². The van der Waals surface area contributed by atoms with E-state index < -0.39 is 11.9 Å². The molecule has 2 rings (SSSR count). The van der Waals surface area contributed by atoms with E-state index in [9.17, 15) is 9.50 Å². The molecule has 1 atom stereocenters. The van der Waals surface area contributed by atoms with Crippen molar-refractivity contribution in [3.63, 3.8) is 0 Å². The van der Waals surface area contributed by atoms with Crippen molar-refractivity contribution in [1.82, 2.24) is 0 Å². The third kappa shape index (κ3) is 3.48. The summed E-state index contributed by atoms with van der Waals surface area (Å²) in [6.07, 6.45) is -0.705. The smallest absolute Gasteiger partial charge is 0.166 e. The number of benzene rings is 2. The number of rotatable bonds is 5. The first-order chi connectivity index (χ1) is 9.60. The SMILES string of the molecule is CCOc1ccc(Oc2ccc(C(C)O)cc2F)cc1. The molecule has 0 saturated carbocycles. The molecule has 0 spiro atoms. The maximum Gasteiger partial charge on any atom is 0.166 e. The zero-order chi connectivity index (χ0) is 14.5. The van der Waals surface area contributed by atoms with Gasteiger partial charge in [-0.1, -0.05) is 6.07 Å². The molecule has 0 aromatic heterocycles. The highest BCUT2D eigenvalue weighted by Gasteiger charge is 2.09. The Morgan fingerprint density at radius 1 is 1.10 bits per heavy atom. The molecule has 0 saturated heterocycles. The fraction of sp³-hybridized carbons (Fsp3) is 0.250. The summed E-state index contributed by atoms with van der Waals surface area (Å²) in [4.78, 5) is 0. The second-order valence-corrected chi connectivity index (χ2v) is 4.37. The fourth-order valence-electron chi connectivity index (χ4n) is 1.76. The lowest BCUT2D eigenvalue weighted by atomic mass is 10.1. The molecule has 0 aliphatic rings. The normalized spacial score (nSPS) is 12.0. The summed E-state index contributed by atoms with van der Waals surface area (Å²) in [6, 6.07) is 11.4. The van der Waals surface area contributed by atoms with Gasteiger partial charge in [-0.05, 0) is 55.8 Å². The highest BCUT2D eigenvalue weighted by Crippen LogP contribution is 2.28. The van der Waals surface area contributed by atoms with Crippen LogP contribution in [0.15, 0.2) is 42.5 Å². The maximum absolute atomic E-state index is 13.8. The summed E-state index contributed by atoms with van der Waals surface area (Å²) in [5, 5.41) is 9.39. The lowest BCUT2D eigenvalue weighted by Crippen LogP contribution is -1.95. The largest absolute Gasteiger partial charge is 0.494 e. The average molecular weight is 276 g/mol. The van der Waals surface area contributed by atoms with Gasteiger partial charge < -0.3 is 14.6 Å². The molecule has 3 nitrogen and oxygen atoms in total. The summed E-state index contributed by atoms with van der Waals surface area (Å²) in [5.74, 6) is 0.887. The van der Waals surface area contributed by atoms with Gasteiger partial charge in [-0.25, -0.2) is 4.39 Å². The zero-order valence-electron chi connectivity index (χ0n) is 11.5. The number of halogens is 1. The van der Waals surface area contributed by atoms with Crippen molar-refractivity contribution < 1.29 is 19.0 Å². The molecule has 0 amide bonds. The Bertz CT molecular complexity index is 564. The lowest BCUT2D eigenvalue weighted by Gasteiger charge is -2.10. The second kappa shape index (κ2) is 6.39. The Kier molecular flexibility index (Phi) is 4.58. The van der Waals surface area contributed by atoms with Crippen LogP contribution in [0.1, 0.15) is 25.5 Å². The Morgan fingerprint density at radius 2 is 1.75 bits per heavy atom. The Morgan fingerprint density at radius 3 is 2.30 bits per heavy atom. The van der Waals surface area contributed by atoms with E-state index in [1.807, 2.05) is 6.92 Å². The van der Waals surface area contributed by atoms with Crippen molar-refractivity contribution in [3.8, 4) is 17.2 Å². The predicted molar refractivity (Wildman–Crippen MR) is 74.7 cm³/mol. The molecule has 0 fully saturated rings. The summed E-state index contributed by atoms with van der Waals surface area (Å²) in [6.45, 7) is 4.08. The van der Waals surface area contributed by atoms with E-state index in [0.717, 1.165) is 5.75 Å². The Labute approximate surface area is 117 Å². The van der Waals surface area contributed by atoms with E-state index in [2.05, 4.69) is 0 Å². The van der Waals surface area contributed by atoms with Gasteiger partial charge in [0.2, 0.25) is 0 Å². The maximum atomic E-state index is 13.8. The first kappa shape index (κ1) is 14.3. The van der Waals surface area contributed by atoms with E-state index in [-0.39, 0.29) is 5.75 Å². The van der Waals surface area contributed by atoms with Crippen LogP contribution in [-0.2, 0) is 0 Å². The topological polar surface area (TPSA) is 38.7 Å². The zero-order valence-corrected chi connectivity index (χ0v) is 11.5. The summed E-state index contributed by atoms with van der Waals surface area (Å²) >= 11 is 0. The van der Waals surface area contributed by atoms with E-state index in [1.165, 1.54) is 12.1 Å². The monoisotopic (exact) mass is 276 g/mol. The van der Waals surface area contributed by atoms with Gasteiger partial charge in [0.05, 0.1) is 12.7 Å². The van der Waals surface area contributed by atoms with E-state index in [4.69, 9.17) is 9.47 Å². The van der Waals surface area contributed by atoms with Crippen molar-refractivity contribution >= 4 is 0 Å². The molecule has 0 aliphatic carbocycles. The molecule has 20 heavy (non-hydrogen) atoms. The van der Waals surface area contributed by atoms with Gasteiger partial charge in [-0.15, -0.1) is 0 Å². The second-order valence-electron chi connectivity index (χ2n) is 4.37. The quantitative estimate of drug-likeness (QED) is 0.894. The summed E-state index contributed by atoms with van der Waals surface area (Å²) in [7, 11) is 0. The van der Waals surface area contributed by atoms with Gasteiger partial charge in [0.25, 0.3) is 0 Å². The molecular formula is C16H17FO3. The lowest BCUT2D eigenvalue weighted by molar-refractivity contribution is 0.198. The highest BCUT2D eigenvalue weighted by atomic mass is 19.1. The van der Waals surface area contributed by atoms with Crippen molar-refractivity contribution in [2.24, 2.45) is 0 Å². The molecular weight excluding hydrogens is 259 g/mol. The molecule has 106 valence electrons. The Balaban J connectivity index is 2.13. The minimum Gasteiger partial charge on any atom is -0.494 e. The van der Waals surface area contributed by atoms with Crippen LogP contribution in [0, 0.1) is 5.82 Å². The predicted octanol–water partition coefficient (Wildman–Crippen LogP) is 4.07. The molecule has 0 heterocycles. The number of hydrogen-bond acceptors (Lipinski definition) is 3. The van der Waals surface area contributed by atoms with E-state index >= 15 is 0 Å². The van der Waals surface area contributed by atoms with Gasteiger partial charge in [0.1, 0.15) is 11.5 Å². The minimum atomic E-state index is -0.705. The first-order valence-electron chi connectivity index (χ1n) is 6.48. The molecule has 0 radical (unpaired) electrons. The van der Waals surface area contributed by atoms with Gasteiger partial charge in [-0.3, -0.25) is 0 Å². The molecule has 1 unspecified atom stereocenters.